The number of hydrogen-bond acceptors (Lipinski definition) is 2. The molecule has 0 aliphatic heterocycles. The molecule has 0 heterocycles. The van der Waals surface area contributed by atoms with Crippen LogP contribution in [0.15, 0.2) is 0 Å². The lowest BCUT2D eigenvalue weighted by Crippen LogP contribution is -2.36. The number of alkyl halides is 3. The standard InChI is InChI=1S/C14H19F3O2/c1-8(14(15,16)17)7-19-12(18)13-5-9-2-10(6-13)4-11(13)3-9/h8-11H,2-7H2,1H3. The summed E-state index contributed by atoms with van der Waals surface area (Å²) in [6.07, 6.45) is 0.733. The SMILES string of the molecule is CC(COC(=O)C12CC3CC(CC1C3)C2)C(F)(F)F. The van der Waals surface area contributed by atoms with E-state index in [0.29, 0.717) is 17.8 Å². The van der Waals surface area contributed by atoms with Crippen LogP contribution in [0.4, 0.5) is 13.2 Å². The Bertz CT molecular complexity index is 377. The van der Waals surface area contributed by atoms with Gasteiger partial charge in [0.2, 0.25) is 0 Å². The van der Waals surface area contributed by atoms with Gasteiger partial charge in [-0.25, -0.2) is 0 Å². The number of carbonyl (C=O) groups is 1. The van der Waals surface area contributed by atoms with Crippen LogP contribution in [0.2, 0.25) is 0 Å². The van der Waals surface area contributed by atoms with Crippen LogP contribution in [0.5, 0.6) is 0 Å². The number of carbonyl (C=O) groups excluding carboxylic acids is 1. The highest BCUT2D eigenvalue weighted by Gasteiger charge is 2.62. The molecule has 4 aliphatic carbocycles. The Morgan fingerprint density at radius 1 is 1.26 bits per heavy atom. The lowest BCUT2D eigenvalue weighted by Gasteiger charge is -2.31. The minimum Gasteiger partial charge on any atom is -0.465 e. The number of rotatable bonds is 3. The van der Waals surface area contributed by atoms with Crippen molar-refractivity contribution in [2.24, 2.45) is 29.1 Å². The Kier molecular flexibility index (Phi) is 2.88. The van der Waals surface area contributed by atoms with E-state index in [-0.39, 0.29) is 5.97 Å². The third-order valence-corrected chi connectivity index (χ3v) is 5.42. The van der Waals surface area contributed by atoms with Crippen molar-refractivity contribution in [3.05, 3.63) is 0 Å². The first-order chi connectivity index (χ1) is 8.81. The van der Waals surface area contributed by atoms with Gasteiger partial charge in [0.05, 0.1) is 11.3 Å². The highest BCUT2D eigenvalue weighted by molar-refractivity contribution is 5.78. The van der Waals surface area contributed by atoms with Crippen molar-refractivity contribution in [1.82, 2.24) is 0 Å². The summed E-state index contributed by atoms with van der Waals surface area (Å²) >= 11 is 0. The van der Waals surface area contributed by atoms with E-state index >= 15 is 0 Å². The van der Waals surface area contributed by atoms with Crippen LogP contribution in [-0.2, 0) is 9.53 Å². The summed E-state index contributed by atoms with van der Waals surface area (Å²) in [4.78, 5) is 12.3. The van der Waals surface area contributed by atoms with E-state index < -0.39 is 24.1 Å². The Hall–Kier alpha value is -0.740. The minimum absolute atomic E-state index is 0.363. The van der Waals surface area contributed by atoms with Crippen LogP contribution in [0.3, 0.4) is 0 Å². The zero-order valence-corrected chi connectivity index (χ0v) is 11.0. The van der Waals surface area contributed by atoms with Crippen LogP contribution >= 0.6 is 0 Å². The molecule has 3 unspecified atom stereocenters. The number of ether oxygens (including phenoxy) is 1. The molecule has 0 radical (unpaired) electrons. The van der Waals surface area contributed by atoms with Crippen molar-refractivity contribution in [3.63, 3.8) is 0 Å². The Labute approximate surface area is 110 Å². The second-order valence-electron chi connectivity index (χ2n) is 6.74. The zero-order chi connectivity index (χ0) is 13.8. The molecule has 19 heavy (non-hydrogen) atoms. The van der Waals surface area contributed by atoms with E-state index in [2.05, 4.69) is 0 Å². The lowest BCUT2D eigenvalue weighted by molar-refractivity contribution is -0.191. The van der Waals surface area contributed by atoms with E-state index in [4.69, 9.17) is 4.74 Å². The van der Waals surface area contributed by atoms with Gasteiger partial charge in [0, 0.05) is 0 Å². The quantitative estimate of drug-likeness (QED) is 0.737. The molecule has 0 N–H and O–H groups in total. The second kappa shape index (κ2) is 4.13. The fourth-order valence-corrected chi connectivity index (χ4v) is 4.57. The van der Waals surface area contributed by atoms with Gasteiger partial charge in [0.15, 0.2) is 0 Å². The fourth-order valence-electron chi connectivity index (χ4n) is 4.57. The number of hydrogen-bond donors (Lipinski definition) is 0. The van der Waals surface area contributed by atoms with Crippen LogP contribution < -0.4 is 0 Å². The molecule has 108 valence electrons. The van der Waals surface area contributed by atoms with Crippen molar-refractivity contribution in [2.45, 2.75) is 45.2 Å². The molecular formula is C14H19F3O2. The molecule has 0 saturated heterocycles. The van der Waals surface area contributed by atoms with Gasteiger partial charge in [0.25, 0.3) is 0 Å². The van der Waals surface area contributed by atoms with E-state index in [1.165, 1.54) is 6.42 Å². The van der Waals surface area contributed by atoms with Gasteiger partial charge in [-0.3, -0.25) is 4.79 Å². The van der Waals surface area contributed by atoms with Gasteiger partial charge in [-0.15, -0.1) is 0 Å². The van der Waals surface area contributed by atoms with Crippen molar-refractivity contribution in [2.75, 3.05) is 6.61 Å². The highest BCUT2D eigenvalue weighted by atomic mass is 19.4. The third-order valence-electron chi connectivity index (χ3n) is 5.42. The van der Waals surface area contributed by atoms with E-state index in [1.807, 2.05) is 0 Å². The molecule has 2 nitrogen and oxygen atoms in total. The van der Waals surface area contributed by atoms with E-state index in [1.54, 1.807) is 0 Å². The minimum atomic E-state index is -4.29. The molecule has 5 heteroatoms. The molecule has 4 rings (SSSR count). The number of halogens is 3. The van der Waals surface area contributed by atoms with Crippen LogP contribution in [0.25, 0.3) is 0 Å². The van der Waals surface area contributed by atoms with Crippen LogP contribution in [-0.4, -0.2) is 18.8 Å². The van der Waals surface area contributed by atoms with Crippen molar-refractivity contribution < 1.29 is 22.7 Å². The largest absolute Gasteiger partial charge is 0.465 e. The Morgan fingerprint density at radius 3 is 2.37 bits per heavy atom. The molecule has 0 aromatic carbocycles. The molecule has 4 saturated carbocycles. The van der Waals surface area contributed by atoms with E-state index in [0.717, 1.165) is 32.6 Å². The molecule has 4 aliphatic rings. The smallest absolute Gasteiger partial charge is 0.394 e. The molecule has 0 aromatic rings. The monoisotopic (exact) mass is 276 g/mol. The van der Waals surface area contributed by atoms with Gasteiger partial charge in [-0.2, -0.15) is 13.2 Å². The summed E-state index contributed by atoms with van der Waals surface area (Å²) in [6.45, 7) is 0.523. The van der Waals surface area contributed by atoms with Crippen molar-refractivity contribution >= 4 is 5.97 Å². The summed E-state index contributed by atoms with van der Waals surface area (Å²) < 4.78 is 42.3. The fraction of sp³-hybridized carbons (Fsp3) is 0.929. The molecule has 4 bridgehead atoms. The summed E-state index contributed by atoms with van der Waals surface area (Å²) in [5.41, 5.74) is -0.432. The third kappa shape index (κ3) is 2.05. The van der Waals surface area contributed by atoms with Crippen molar-refractivity contribution in [1.29, 1.82) is 0 Å². The highest BCUT2D eigenvalue weighted by Crippen LogP contribution is 2.65. The first-order valence-corrected chi connectivity index (χ1v) is 7.05. The first kappa shape index (κ1) is 13.3. The molecule has 3 atom stereocenters. The maximum atomic E-state index is 12.4. The summed E-state index contributed by atoms with van der Waals surface area (Å²) in [6, 6.07) is 0. The molecule has 0 amide bonds. The maximum Gasteiger partial charge on any atom is 0.394 e. The van der Waals surface area contributed by atoms with Gasteiger partial charge in [0.1, 0.15) is 6.61 Å². The number of esters is 1. The Morgan fingerprint density at radius 2 is 1.84 bits per heavy atom. The van der Waals surface area contributed by atoms with Gasteiger partial charge in [-0.05, 0) is 49.9 Å². The average molecular weight is 276 g/mol. The second-order valence-corrected chi connectivity index (χ2v) is 6.74. The van der Waals surface area contributed by atoms with Crippen LogP contribution in [0, 0.1) is 29.1 Å². The van der Waals surface area contributed by atoms with Crippen molar-refractivity contribution in [3.8, 4) is 0 Å². The molecule has 0 spiro atoms. The van der Waals surface area contributed by atoms with E-state index in [9.17, 15) is 18.0 Å². The summed E-state index contributed by atoms with van der Waals surface area (Å²) in [5.74, 6) is -0.373. The predicted molar refractivity (Wildman–Crippen MR) is 62.2 cm³/mol. The van der Waals surface area contributed by atoms with Gasteiger partial charge in [-0.1, -0.05) is 6.92 Å². The first-order valence-electron chi connectivity index (χ1n) is 7.05. The average Bonchev–Trinajstić information content (AvgIpc) is 2.70. The predicted octanol–water partition coefficient (Wildman–Crippen LogP) is 3.55. The molecule has 0 aromatic heterocycles. The zero-order valence-electron chi connectivity index (χ0n) is 11.0. The van der Waals surface area contributed by atoms with Crippen LogP contribution in [0.1, 0.15) is 39.0 Å². The normalized spacial score (nSPS) is 41.6. The summed E-state index contributed by atoms with van der Waals surface area (Å²) in [5, 5.41) is 0. The summed E-state index contributed by atoms with van der Waals surface area (Å²) in [7, 11) is 0. The van der Waals surface area contributed by atoms with Gasteiger partial charge < -0.3 is 4.74 Å². The molecule has 4 fully saturated rings. The topological polar surface area (TPSA) is 26.3 Å². The maximum absolute atomic E-state index is 12.4. The molecular weight excluding hydrogens is 257 g/mol. The Balaban J connectivity index is 1.63. The lowest BCUT2D eigenvalue weighted by atomic mass is 9.75. The van der Waals surface area contributed by atoms with Gasteiger partial charge >= 0.3 is 12.1 Å².